The highest BCUT2D eigenvalue weighted by molar-refractivity contribution is 6.29. The highest BCUT2D eigenvalue weighted by atomic mass is 35.5. The first-order chi connectivity index (χ1) is 7.64. The average molecular weight is 264 g/mol. The molecule has 1 rings (SSSR count). The minimum Gasteiger partial charge on any atom is -0.458 e. The van der Waals surface area contributed by atoms with E-state index in [0.717, 1.165) is 12.1 Å². The van der Waals surface area contributed by atoms with E-state index >= 15 is 0 Å². The highest BCUT2D eigenvalue weighted by Gasteiger charge is 2.32. The van der Waals surface area contributed by atoms with Crippen LogP contribution in [0.15, 0.2) is 12.1 Å². The van der Waals surface area contributed by atoms with Gasteiger partial charge in [-0.15, -0.1) is 6.42 Å². The van der Waals surface area contributed by atoms with Gasteiger partial charge in [0.05, 0.1) is 5.56 Å². The Kier molecular flexibility index (Phi) is 3.58. The van der Waals surface area contributed by atoms with Gasteiger partial charge < -0.3 is 4.74 Å². The Morgan fingerprint density at radius 1 is 1.35 bits per heavy atom. The molecule has 0 aliphatic rings. The molecule has 0 spiro atoms. The summed E-state index contributed by atoms with van der Waals surface area (Å²) in [6, 6.07) is 1.47. The van der Waals surface area contributed by atoms with Crippen molar-refractivity contribution in [3.05, 3.63) is 22.8 Å². The van der Waals surface area contributed by atoms with Crippen LogP contribution in [-0.2, 0) is 6.18 Å². The molecule has 0 radical (unpaired) electrons. The molecule has 1 heterocycles. The van der Waals surface area contributed by atoms with Gasteiger partial charge in [0.25, 0.3) is 0 Å². The number of ether oxygens (including phenoxy) is 1. The summed E-state index contributed by atoms with van der Waals surface area (Å²) in [4.78, 5) is 3.63. The van der Waals surface area contributed by atoms with Crippen molar-refractivity contribution >= 4 is 11.6 Å². The molecule has 1 aromatic rings. The third kappa shape index (κ3) is 3.82. The van der Waals surface area contributed by atoms with E-state index in [9.17, 15) is 13.2 Å². The summed E-state index contributed by atoms with van der Waals surface area (Å²) < 4.78 is 42.6. The number of pyridine rings is 1. The van der Waals surface area contributed by atoms with Crippen molar-refractivity contribution in [1.82, 2.24) is 4.98 Å². The number of hydrogen-bond acceptors (Lipinski definition) is 2. The SMILES string of the molecule is C#CC(C)(C)Oc1cc(C(F)(F)F)cc(Cl)n1. The van der Waals surface area contributed by atoms with Crippen LogP contribution in [-0.4, -0.2) is 10.6 Å². The molecule has 0 fully saturated rings. The summed E-state index contributed by atoms with van der Waals surface area (Å²) >= 11 is 5.49. The quantitative estimate of drug-likeness (QED) is 0.601. The standard InChI is InChI=1S/C11H9ClF3NO/c1-4-10(2,3)17-9-6-7(11(13,14)15)5-8(12)16-9/h1,5-6H,2-3H3. The third-order valence-corrected chi connectivity index (χ3v) is 2.00. The lowest BCUT2D eigenvalue weighted by molar-refractivity contribution is -0.137. The van der Waals surface area contributed by atoms with Gasteiger partial charge in [-0.3, -0.25) is 0 Å². The fraction of sp³-hybridized carbons (Fsp3) is 0.364. The number of hydrogen-bond donors (Lipinski definition) is 0. The molecule has 0 aliphatic heterocycles. The molecular weight excluding hydrogens is 255 g/mol. The van der Waals surface area contributed by atoms with Gasteiger partial charge in [0.15, 0.2) is 5.60 Å². The fourth-order valence-electron chi connectivity index (χ4n) is 0.980. The van der Waals surface area contributed by atoms with Crippen molar-refractivity contribution in [3.63, 3.8) is 0 Å². The van der Waals surface area contributed by atoms with Crippen LogP contribution in [0, 0.1) is 12.3 Å². The van der Waals surface area contributed by atoms with Crippen LogP contribution in [0.3, 0.4) is 0 Å². The third-order valence-electron chi connectivity index (χ3n) is 1.81. The van der Waals surface area contributed by atoms with Gasteiger partial charge in [0.1, 0.15) is 5.15 Å². The maximum absolute atomic E-state index is 12.5. The summed E-state index contributed by atoms with van der Waals surface area (Å²) in [6.07, 6.45) is 0.649. The van der Waals surface area contributed by atoms with Crippen LogP contribution in [0.2, 0.25) is 5.15 Å². The van der Waals surface area contributed by atoms with Crippen LogP contribution in [0.1, 0.15) is 19.4 Å². The number of alkyl halides is 3. The maximum atomic E-state index is 12.5. The Labute approximate surface area is 102 Å². The zero-order chi connectivity index (χ0) is 13.3. The van der Waals surface area contributed by atoms with Crippen molar-refractivity contribution in [2.45, 2.75) is 25.6 Å². The molecule has 0 saturated carbocycles. The lowest BCUT2D eigenvalue weighted by atomic mass is 10.1. The second-order valence-electron chi connectivity index (χ2n) is 3.77. The molecule has 0 amide bonds. The number of aromatic nitrogens is 1. The summed E-state index contributed by atoms with van der Waals surface area (Å²) in [5, 5.41) is -0.303. The van der Waals surface area contributed by atoms with Crippen molar-refractivity contribution < 1.29 is 17.9 Å². The van der Waals surface area contributed by atoms with Crippen LogP contribution in [0.5, 0.6) is 5.88 Å². The molecule has 0 aliphatic carbocycles. The van der Waals surface area contributed by atoms with Gasteiger partial charge in [-0.25, -0.2) is 4.98 Å². The predicted molar refractivity (Wildman–Crippen MR) is 57.8 cm³/mol. The van der Waals surface area contributed by atoms with E-state index in [2.05, 4.69) is 10.9 Å². The van der Waals surface area contributed by atoms with E-state index in [1.54, 1.807) is 0 Å². The molecule has 0 saturated heterocycles. The number of nitrogens with zero attached hydrogens (tertiary/aromatic N) is 1. The highest BCUT2D eigenvalue weighted by Crippen LogP contribution is 2.33. The average Bonchev–Trinajstić information content (AvgIpc) is 2.14. The van der Waals surface area contributed by atoms with E-state index in [0.29, 0.717) is 0 Å². The first-order valence-corrected chi connectivity index (χ1v) is 4.93. The Hall–Kier alpha value is -1.41. The minimum atomic E-state index is -4.51. The monoisotopic (exact) mass is 263 g/mol. The van der Waals surface area contributed by atoms with E-state index < -0.39 is 17.3 Å². The Morgan fingerprint density at radius 2 is 1.94 bits per heavy atom. The molecule has 1 aromatic heterocycles. The first kappa shape index (κ1) is 13.7. The lowest BCUT2D eigenvalue weighted by Gasteiger charge is -2.20. The summed E-state index contributed by atoms with van der Waals surface area (Å²) in [5.74, 6) is 2.02. The maximum Gasteiger partial charge on any atom is 0.416 e. The largest absolute Gasteiger partial charge is 0.458 e. The van der Waals surface area contributed by atoms with Crippen molar-refractivity contribution in [2.75, 3.05) is 0 Å². The summed E-state index contributed by atoms with van der Waals surface area (Å²) in [5.41, 5.74) is -1.99. The van der Waals surface area contributed by atoms with Gasteiger partial charge in [-0.1, -0.05) is 17.5 Å². The Morgan fingerprint density at radius 3 is 2.41 bits per heavy atom. The van der Waals surface area contributed by atoms with Crippen LogP contribution in [0.4, 0.5) is 13.2 Å². The molecule has 2 nitrogen and oxygen atoms in total. The molecular formula is C11H9ClF3NO. The minimum absolute atomic E-state index is 0.257. The summed E-state index contributed by atoms with van der Waals surface area (Å²) in [6.45, 7) is 3.06. The number of terminal acetylenes is 1. The molecule has 17 heavy (non-hydrogen) atoms. The number of rotatable bonds is 2. The van der Waals surface area contributed by atoms with E-state index in [-0.39, 0.29) is 11.0 Å². The molecule has 0 unspecified atom stereocenters. The Bertz CT molecular complexity index is 463. The van der Waals surface area contributed by atoms with Crippen LogP contribution < -0.4 is 4.74 Å². The van der Waals surface area contributed by atoms with Crippen LogP contribution >= 0.6 is 11.6 Å². The molecule has 92 valence electrons. The zero-order valence-corrected chi connectivity index (χ0v) is 9.86. The Balaban J connectivity index is 3.12. The fourth-order valence-corrected chi connectivity index (χ4v) is 1.18. The number of halogens is 4. The van der Waals surface area contributed by atoms with E-state index in [1.807, 2.05) is 0 Å². The lowest BCUT2D eigenvalue weighted by Crippen LogP contribution is -2.26. The molecule has 0 aromatic carbocycles. The van der Waals surface area contributed by atoms with Gasteiger partial charge in [0, 0.05) is 6.07 Å². The second-order valence-corrected chi connectivity index (χ2v) is 4.16. The molecule has 0 bridgehead atoms. The smallest absolute Gasteiger partial charge is 0.416 e. The van der Waals surface area contributed by atoms with Crippen molar-refractivity contribution in [1.29, 1.82) is 0 Å². The molecule has 6 heteroatoms. The van der Waals surface area contributed by atoms with Crippen LogP contribution in [0.25, 0.3) is 0 Å². The summed E-state index contributed by atoms with van der Waals surface area (Å²) in [7, 11) is 0. The van der Waals surface area contributed by atoms with Gasteiger partial charge in [-0.2, -0.15) is 13.2 Å². The van der Waals surface area contributed by atoms with Crippen molar-refractivity contribution in [3.8, 4) is 18.2 Å². The zero-order valence-electron chi connectivity index (χ0n) is 9.10. The first-order valence-electron chi connectivity index (χ1n) is 4.55. The topological polar surface area (TPSA) is 22.1 Å². The van der Waals surface area contributed by atoms with E-state index in [1.165, 1.54) is 13.8 Å². The van der Waals surface area contributed by atoms with Crippen molar-refractivity contribution in [2.24, 2.45) is 0 Å². The van der Waals surface area contributed by atoms with Gasteiger partial charge >= 0.3 is 6.18 Å². The molecule has 0 N–H and O–H groups in total. The molecule has 0 atom stereocenters. The predicted octanol–water partition coefficient (Wildman–Crippen LogP) is 3.54. The van der Waals surface area contributed by atoms with Gasteiger partial charge in [0.2, 0.25) is 5.88 Å². The van der Waals surface area contributed by atoms with Gasteiger partial charge in [-0.05, 0) is 19.9 Å². The van der Waals surface area contributed by atoms with E-state index in [4.69, 9.17) is 22.8 Å². The normalized spacial score (nSPS) is 12.1. The second kappa shape index (κ2) is 4.46.